The van der Waals surface area contributed by atoms with Crippen LogP contribution >= 0.6 is 0 Å². The number of hydrogen-bond donors (Lipinski definition) is 1. The molecule has 27 heavy (non-hydrogen) atoms. The zero-order valence-corrected chi connectivity index (χ0v) is 15.0. The molecule has 136 valence electrons. The molecule has 2 aromatic carbocycles. The van der Waals surface area contributed by atoms with Crippen molar-refractivity contribution in [2.24, 2.45) is 4.99 Å². The summed E-state index contributed by atoms with van der Waals surface area (Å²) in [6.45, 7) is 0. The maximum Gasteiger partial charge on any atom is 0.310 e. The highest BCUT2D eigenvalue weighted by atomic mass is 16.5. The third kappa shape index (κ3) is 3.29. The molecule has 1 N–H and O–H groups in total. The number of para-hydroxylation sites is 1. The maximum absolute atomic E-state index is 10.1. The SMILES string of the molecule is COc1ccc(Cc2nc(/C=C3\C=Nc4ccccc43)c(O)o2)cc1OC. The predicted molar refractivity (Wildman–Crippen MR) is 103 cm³/mol. The van der Waals surface area contributed by atoms with Gasteiger partial charge in [0, 0.05) is 23.8 Å². The zero-order valence-electron chi connectivity index (χ0n) is 15.0. The third-order valence-corrected chi connectivity index (χ3v) is 4.33. The lowest BCUT2D eigenvalue weighted by atomic mass is 10.1. The summed E-state index contributed by atoms with van der Waals surface area (Å²) in [4.78, 5) is 8.77. The number of rotatable bonds is 5. The number of aromatic nitrogens is 1. The second kappa shape index (κ2) is 6.99. The quantitative estimate of drug-likeness (QED) is 0.734. The van der Waals surface area contributed by atoms with E-state index < -0.39 is 0 Å². The third-order valence-electron chi connectivity index (χ3n) is 4.33. The molecule has 0 bridgehead atoms. The number of aliphatic imine (C=N–C) groups is 1. The Hall–Kier alpha value is -3.54. The first kappa shape index (κ1) is 16.9. The molecule has 0 amide bonds. The molecule has 6 heteroatoms. The Morgan fingerprint density at radius 1 is 1.07 bits per heavy atom. The van der Waals surface area contributed by atoms with E-state index in [1.165, 1.54) is 0 Å². The van der Waals surface area contributed by atoms with Gasteiger partial charge in [-0.1, -0.05) is 24.3 Å². The van der Waals surface area contributed by atoms with Crippen LogP contribution in [0.3, 0.4) is 0 Å². The van der Waals surface area contributed by atoms with Crippen LogP contribution in [0.5, 0.6) is 17.4 Å². The van der Waals surface area contributed by atoms with Crippen LogP contribution in [0, 0.1) is 0 Å². The van der Waals surface area contributed by atoms with Gasteiger partial charge in [0.15, 0.2) is 11.5 Å². The van der Waals surface area contributed by atoms with Crippen LogP contribution < -0.4 is 9.47 Å². The van der Waals surface area contributed by atoms with Crippen molar-refractivity contribution in [2.45, 2.75) is 6.42 Å². The Bertz CT molecular complexity index is 1050. The lowest BCUT2D eigenvalue weighted by Gasteiger charge is -2.08. The van der Waals surface area contributed by atoms with Crippen molar-refractivity contribution in [3.05, 3.63) is 65.2 Å². The van der Waals surface area contributed by atoms with Gasteiger partial charge >= 0.3 is 5.95 Å². The monoisotopic (exact) mass is 362 g/mol. The molecule has 1 aromatic heterocycles. The van der Waals surface area contributed by atoms with E-state index in [-0.39, 0.29) is 5.95 Å². The summed E-state index contributed by atoms with van der Waals surface area (Å²) in [5.74, 6) is 1.48. The summed E-state index contributed by atoms with van der Waals surface area (Å²) in [5.41, 5.74) is 4.09. The Labute approximate surface area is 156 Å². The van der Waals surface area contributed by atoms with Gasteiger partial charge in [-0.05, 0) is 29.8 Å². The highest BCUT2D eigenvalue weighted by Gasteiger charge is 2.16. The van der Waals surface area contributed by atoms with Crippen LogP contribution in [0.25, 0.3) is 11.6 Å². The number of aromatic hydroxyl groups is 1. The van der Waals surface area contributed by atoms with E-state index in [1.807, 2.05) is 42.5 Å². The van der Waals surface area contributed by atoms with Crippen LogP contribution in [-0.2, 0) is 6.42 Å². The molecule has 0 saturated heterocycles. The molecule has 6 nitrogen and oxygen atoms in total. The first-order valence-electron chi connectivity index (χ1n) is 8.42. The summed E-state index contributed by atoms with van der Waals surface area (Å²) < 4.78 is 16.0. The number of hydrogen-bond acceptors (Lipinski definition) is 6. The predicted octanol–water partition coefficient (Wildman–Crippen LogP) is 4.24. The molecule has 3 aromatic rings. The molecule has 0 atom stereocenters. The minimum absolute atomic E-state index is 0.212. The van der Waals surface area contributed by atoms with E-state index in [9.17, 15) is 5.11 Å². The van der Waals surface area contributed by atoms with Crippen LogP contribution in [0.4, 0.5) is 5.69 Å². The fraction of sp³-hybridized carbons (Fsp3) is 0.143. The number of fused-ring (bicyclic) bond motifs is 1. The second-order valence-corrected chi connectivity index (χ2v) is 6.04. The zero-order chi connectivity index (χ0) is 18.8. The van der Waals surface area contributed by atoms with Gasteiger partial charge in [-0.15, -0.1) is 0 Å². The van der Waals surface area contributed by atoms with E-state index in [2.05, 4.69) is 9.98 Å². The Morgan fingerprint density at radius 3 is 2.70 bits per heavy atom. The van der Waals surface area contributed by atoms with Crippen LogP contribution in [0.2, 0.25) is 0 Å². The molecule has 0 unspecified atom stereocenters. The smallest absolute Gasteiger partial charge is 0.310 e. The summed E-state index contributed by atoms with van der Waals surface area (Å²) >= 11 is 0. The Balaban J connectivity index is 1.60. The topological polar surface area (TPSA) is 77.1 Å². The maximum atomic E-state index is 10.1. The minimum atomic E-state index is -0.212. The second-order valence-electron chi connectivity index (χ2n) is 6.04. The molecule has 1 aliphatic heterocycles. The van der Waals surface area contributed by atoms with E-state index in [4.69, 9.17) is 13.9 Å². The van der Waals surface area contributed by atoms with E-state index in [0.29, 0.717) is 29.5 Å². The molecule has 0 fully saturated rings. The average molecular weight is 362 g/mol. The molecule has 0 spiro atoms. The van der Waals surface area contributed by atoms with Crippen molar-refractivity contribution < 1.29 is 19.0 Å². The van der Waals surface area contributed by atoms with Crippen molar-refractivity contribution in [3.8, 4) is 17.4 Å². The standard InChI is InChI=1S/C21H18N2O4/c1-25-18-8-7-13(9-19(18)26-2)10-20-23-17(21(24)27-20)11-14-12-22-16-6-4-3-5-15(14)16/h3-9,11-12,24H,10H2,1-2H3/b14-11+. The van der Waals surface area contributed by atoms with Gasteiger partial charge in [-0.25, -0.2) is 4.98 Å². The highest BCUT2D eigenvalue weighted by molar-refractivity contribution is 6.21. The van der Waals surface area contributed by atoms with E-state index in [0.717, 1.165) is 22.4 Å². The summed E-state index contributed by atoms with van der Waals surface area (Å²) in [7, 11) is 3.18. The Kier molecular flexibility index (Phi) is 4.38. The van der Waals surface area contributed by atoms with Crippen molar-refractivity contribution in [1.82, 2.24) is 4.98 Å². The van der Waals surface area contributed by atoms with Crippen molar-refractivity contribution in [2.75, 3.05) is 14.2 Å². The van der Waals surface area contributed by atoms with Gasteiger partial charge in [0.1, 0.15) is 5.69 Å². The van der Waals surface area contributed by atoms with E-state index >= 15 is 0 Å². The first-order valence-corrected chi connectivity index (χ1v) is 8.42. The highest BCUT2D eigenvalue weighted by Crippen LogP contribution is 2.34. The molecular formula is C21H18N2O4. The van der Waals surface area contributed by atoms with Crippen molar-refractivity contribution in [1.29, 1.82) is 0 Å². The van der Waals surface area contributed by atoms with E-state index in [1.54, 1.807) is 26.5 Å². The molecule has 1 aliphatic rings. The number of methoxy groups -OCH3 is 2. The van der Waals surface area contributed by atoms with Gasteiger partial charge in [0.05, 0.1) is 19.9 Å². The number of benzene rings is 2. The fourth-order valence-corrected chi connectivity index (χ4v) is 3.00. The van der Waals surface area contributed by atoms with Gasteiger partial charge in [0.25, 0.3) is 0 Å². The van der Waals surface area contributed by atoms with Crippen molar-refractivity contribution >= 4 is 23.6 Å². The largest absolute Gasteiger partial charge is 0.493 e. The molecular weight excluding hydrogens is 344 g/mol. The summed E-state index contributed by atoms with van der Waals surface area (Å²) in [6.07, 6.45) is 3.95. The molecule has 2 heterocycles. The Morgan fingerprint density at radius 2 is 1.89 bits per heavy atom. The number of ether oxygens (including phenoxy) is 2. The van der Waals surface area contributed by atoms with Gasteiger partial charge in [-0.2, -0.15) is 0 Å². The number of nitrogens with zero attached hydrogens (tertiary/aromatic N) is 2. The normalized spacial score (nSPS) is 13.8. The molecule has 0 aliphatic carbocycles. The molecule has 4 rings (SSSR count). The lowest BCUT2D eigenvalue weighted by Crippen LogP contribution is -1.94. The average Bonchev–Trinajstić information content (AvgIpc) is 3.25. The fourth-order valence-electron chi connectivity index (χ4n) is 3.00. The van der Waals surface area contributed by atoms with Crippen LogP contribution in [-0.4, -0.2) is 30.5 Å². The molecule has 0 radical (unpaired) electrons. The van der Waals surface area contributed by atoms with Crippen LogP contribution in [0.15, 0.2) is 51.9 Å². The summed E-state index contributed by atoms with van der Waals surface area (Å²) in [5, 5.41) is 10.1. The van der Waals surface area contributed by atoms with Gasteiger partial charge in [0.2, 0.25) is 5.89 Å². The first-order chi connectivity index (χ1) is 13.2. The minimum Gasteiger partial charge on any atom is -0.493 e. The van der Waals surface area contributed by atoms with Crippen molar-refractivity contribution in [3.63, 3.8) is 0 Å². The number of oxazole rings is 1. The summed E-state index contributed by atoms with van der Waals surface area (Å²) in [6, 6.07) is 13.4. The number of allylic oxidation sites excluding steroid dienone is 1. The van der Waals surface area contributed by atoms with Gasteiger partial charge < -0.3 is 19.0 Å². The van der Waals surface area contributed by atoms with Gasteiger partial charge in [-0.3, -0.25) is 4.99 Å². The lowest BCUT2D eigenvalue weighted by molar-refractivity contribution is 0.318. The molecule has 0 saturated carbocycles. The van der Waals surface area contributed by atoms with Crippen LogP contribution in [0.1, 0.15) is 22.7 Å².